The summed E-state index contributed by atoms with van der Waals surface area (Å²) in [5.41, 5.74) is 1.95. The number of hydrogen-bond acceptors (Lipinski definition) is 4. The van der Waals surface area contributed by atoms with Crippen molar-refractivity contribution in [2.75, 3.05) is 19.0 Å². The van der Waals surface area contributed by atoms with Crippen molar-refractivity contribution in [2.45, 2.75) is 46.1 Å². The topological polar surface area (TPSA) is 76.5 Å². The van der Waals surface area contributed by atoms with E-state index in [0.29, 0.717) is 11.4 Å². The van der Waals surface area contributed by atoms with Gasteiger partial charge in [-0.05, 0) is 62.4 Å². The zero-order valence-corrected chi connectivity index (χ0v) is 22.0. The van der Waals surface area contributed by atoms with Gasteiger partial charge in [0.2, 0.25) is 5.91 Å². The zero-order chi connectivity index (χ0) is 25.0. The Morgan fingerprint density at radius 3 is 2.24 bits per heavy atom. The molecule has 180 valence electrons. The predicted octanol–water partition coefficient (Wildman–Crippen LogP) is 5.43. The van der Waals surface area contributed by atoms with E-state index in [1.807, 2.05) is 56.3 Å². The number of aromatic nitrogens is 2. The van der Waals surface area contributed by atoms with E-state index in [-0.39, 0.29) is 29.8 Å². The van der Waals surface area contributed by atoms with Crippen LogP contribution in [-0.2, 0) is 10.2 Å². The quantitative estimate of drug-likeness (QED) is 0.445. The normalized spacial score (nSPS) is 11.4. The van der Waals surface area contributed by atoms with E-state index in [1.54, 1.807) is 28.8 Å². The number of hydrogen-bond donors (Lipinski definition) is 1. The summed E-state index contributed by atoms with van der Waals surface area (Å²) in [6.45, 7) is 9.90. The molecule has 0 saturated carbocycles. The van der Waals surface area contributed by atoms with Crippen LogP contribution in [0.5, 0.6) is 5.75 Å². The molecular weight excluding hydrogens is 496 g/mol. The van der Waals surface area contributed by atoms with Crippen LogP contribution in [0.4, 0.5) is 5.82 Å². The van der Waals surface area contributed by atoms with Gasteiger partial charge in [-0.25, -0.2) is 4.68 Å². The van der Waals surface area contributed by atoms with Crippen molar-refractivity contribution in [3.05, 3.63) is 70.3 Å². The van der Waals surface area contributed by atoms with Gasteiger partial charge in [-0.1, -0.05) is 36.7 Å². The number of nitrogens with zero attached hydrogens (tertiary/aromatic N) is 3. The number of carbonyl (C=O) groups excluding carboxylic acids is 2. The summed E-state index contributed by atoms with van der Waals surface area (Å²) in [5, 5.41) is 7.70. The van der Waals surface area contributed by atoms with E-state index in [0.717, 1.165) is 21.6 Å². The monoisotopic (exact) mass is 526 g/mol. The van der Waals surface area contributed by atoms with Crippen LogP contribution in [-0.4, -0.2) is 46.2 Å². The van der Waals surface area contributed by atoms with Gasteiger partial charge in [0.15, 0.2) is 0 Å². The molecule has 2 amide bonds. The van der Waals surface area contributed by atoms with Gasteiger partial charge in [-0.15, -0.1) is 0 Å². The summed E-state index contributed by atoms with van der Waals surface area (Å²) in [6, 6.07) is 16.3. The summed E-state index contributed by atoms with van der Waals surface area (Å²) in [6.07, 6.45) is 0. The fourth-order valence-corrected chi connectivity index (χ4v) is 3.61. The molecular formula is C26H31BrN4O3. The third kappa shape index (κ3) is 6.05. The third-order valence-corrected chi connectivity index (χ3v) is 5.88. The minimum Gasteiger partial charge on any atom is -0.497 e. The van der Waals surface area contributed by atoms with Crippen molar-refractivity contribution < 1.29 is 14.3 Å². The number of amides is 2. The van der Waals surface area contributed by atoms with Crippen LogP contribution >= 0.6 is 15.9 Å². The molecule has 8 heteroatoms. The first-order chi connectivity index (χ1) is 16.0. The molecule has 34 heavy (non-hydrogen) atoms. The Morgan fingerprint density at radius 1 is 1.09 bits per heavy atom. The second-order valence-corrected chi connectivity index (χ2v) is 10.3. The smallest absolute Gasteiger partial charge is 0.254 e. The lowest BCUT2D eigenvalue weighted by Gasteiger charge is -2.26. The van der Waals surface area contributed by atoms with Crippen LogP contribution in [0.15, 0.2) is 59.1 Å². The highest BCUT2D eigenvalue weighted by atomic mass is 79.9. The second-order valence-electron chi connectivity index (χ2n) is 9.36. The molecule has 1 heterocycles. The standard InChI is InChI=1S/C26H31BrN4O3/c1-17(2)30(25(33)18-7-9-19(27)10-8-18)16-24(32)28-23-15-22(26(3,4)5)29-31(23)20-11-13-21(34-6)14-12-20/h7-15,17H,16H2,1-6H3,(H,28,32). The summed E-state index contributed by atoms with van der Waals surface area (Å²) in [4.78, 5) is 27.7. The second kappa shape index (κ2) is 10.4. The molecule has 3 rings (SSSR count). The van der Waals surface area contributed by atoms with Crippen LogP contribution in [0, 0.1) is 0 Å². The highest BCUT2D eigenvalue weighted by molar-refractivity contribution is 9.10. The summed E-state index contributed by atoms with van der Waals surface area (Å²) < 4.78 is 7.84. The van der Waals surface area contributed by atoms with Crippen LogP contribution < -0.4 is 10.1 Å². The zero-order valence-electron chi connectivity index (χ0n) is 20.4. The van der Waals surface area contributed by atoms with Crippen molar-refractivity contribution in [2.24, 2.45) is 0 Å². The molecule has 0 fully saturated rings. The van der Waals surface area contributed by atoms with E-state index < -0.39 is 0 Å². The predicted molar refractivity (Wildman–Crippen MR) is 138 cm³/mol. The van der Waals surface area contributed by atoms with Gasteiger partial charge in [-0.3, -0.25) is 9.59 Å². The molecule has 2 aromatic carbocycles. The van der Waals surface area contributed by atoms with Gasteiger partial charge in [0.25, 0.3) is 5.91 Å². The lowest BCUT2D eigenvalue weighted by Crippen LogP contribution is -2.42. The number of carbonyl (C=O) groups is 2. The summed E-state index contributed by atoms with van der Waals surface area (Å²) in [5.74, 6) is 0.780. The maximum absolute atomic E-state index is 13.1. The molecule has 0 saturated heterocycles. The molecule has 0 bridgehead atoms. The van der Waals surface area contributed by atoms with Crippen LogP contribution in [0.3, 0.4) is 0 Å². The van der Waals surface area contributed by atoms with Gasteiger partial charge in [0, 0.05) is 27.6 Å². The summed E-state index contributed by atoms with van der Waals surface area (Å²) in [7, 11) is 1.61. The van der Waals surface area contributed by atoms with Gasteiger partial charge >= 0.3 is 0 Å². The minimum atomic E-state index is -0.297. The van der Waals surface area contributed by atoms with Gasteiger partial charge in [0.1, 0.15) is 18.1 Å². The number of ether oxygens (including phenoxy) is 1. The van der Waals surface area contributed by atoms with Crippen molar-refractivity contribution in [3.8, 4) is 11.4 Å². The Hall–Kier alpha value is -3.13. The molecule has 0 spiro atoms. The third-order valence-electron chi connectivity index (χ3n) is 5.35. The fourth-order valence-electron chi connectivity index (χ4n) is 3.34. The van der Waals surface area contributed by atoms with Crippen molar-refractivity contribution in [1.29, 1.82) is 0 Å². The van der Waals surface area contributed by atoms with Crippen LogP contribution in [0.25, 0.3) is 5.69 Å². The molecule has 0 unspecified atom stereocenters. The number of benzene rings is 2. The lowest BCUT2D eigenvalue weighted by molar-refractivity contribution is -0.117. The van der Waals surface area contributed by atoms with Crippen molar-refractivity contribution >= 4 is 33.6 Å². The Morgan fingerprint density at radius 2 is 1.71 bits per heavy atom. The average molecular weight is 527 g/mol. The maximum Gasteiger partial charge on any atom is 0.254 e. The SMILES string of the molecule is COc1ccc(-n2nc(C(C)(C)C)cc2NC(=O)CN(C(=O)c2ccc(Br)cc2)C(C)C)cc1. The molecule has 0 radical (unpaired) electrons. The first-order valence-corrected chi connectivity index (χ1v) is 11.9. The number of halogens is 1. The van der Waals surface area contributed by atoms with E-state index in [1.165, 1.54) is 0 Å². The molecule has 0 atom stereocenters. The van der Waals surface area contributed by atoms with Crippen molar-refractivity contribution in [3.63, 3.8) is 0 Å². The highest BCUT2D eigenvalue weighted by Crippen LogP contribution is 2.27. The molecule has 0 aliphatic rings. The van der Waals surface area contributed by atoms with Gasteiger partial charge < -0.3 is 15.0 Å². The number of methoxy groups -OCH3 is 1. The molecule has 0 aliphatic heterocycles. The number of rotatable bonds is 7. The number of nitrogens with one attached hydrogen (secondary N) is 1. The summed E-state index contributed by atoms with van der Waals surface area (Å²) >= 11 is 3.38. The Labute approximate surface area is 209 Å². The number of anilines is 1. The van der Waals surface area contributed by atoms with E-state index >= 15 is 0 Å². The van der Waals surface area contributed by atoms with E-state index in [2.05, 4.69) is 42.0 Å². The van der Waals surface area contributed by atoms with Crippen LogP contribution in [0.2, 0.25) is 0 Å². The Bertz CT molecular complexity index is 1150. The molecule has 0 aliphatic carbocycles. The fraction of sp³-hybridized carbons (Fsp3) is 0.346. The Kier molecular flexibility index (Phi) is 7.82. The highest BCUT2D eigenvalue weighted by Gasteiger charge is 2.24. The van der Waals surface area contributed by atoms with Crippen molar-refractivity contribution in [1.82, 2.24) is 14.7 Å². The maximum atomic E-state index is 13.1. The van der Waals surface area contributed by atoms with Crippen LogP contribution in [0.1, 0.15) is 50.7 Å². The molecule has 1 N–H and O–H groups in total. The average Bonchev–Trinajstić information content (AvgIpc) is 3.21. The molecule has 1 aromatic heterocycles. The van der Waals surface area contributed by atoms with E-state index in [4.69, 9.17) is 9.84 Å². The van der Waals surface area contributed by atoms with Gasteiger partial charge in [-0.2, -0.15) is 5.10 Å². The first kappa shape index (κ1) is 25.5. The van der Waals surface area contributed by atoms with E-state index in [9.17, 15) is 9.59 Å². The van der Waals surface area contributed by atoms with Gasteiger partial charge in [0.05, 0.1) is 18.5 Å². The minimum absolute atomic E-state index is 0.0782. The molecule has 7 nitrogen and oxygen atoms in total. The Balaban J connectivity index is 1.86. The molecule has 3 aromatic rings. The first-order valence-electron chi connectivity index (χ1n) is 11.1. The largest absolute Gasteiger partial charge is 0.497 e. The lowest BCUT2D eigenvalue weighted by atomic mass is 9.92.